The zero-order chi connectivity index (χ0) is 26.0. The molecule has 186 valence electrons. The highest BCUT2D eigenvalue weighted by Gasteiger charge is 2.47. The van der Waals surface area contributed by atoms with Gasteiger partial charge in [0.25, 0.3) is 11.7 Å². The quantitative estimate of drug-likeness (QED) is 0.248. The number of amides is 1. The Labute approximate surface area is 211 Å². The third-order valence-electron chi connectivity index (χ3n) is 6.05. The number of ether oxygens (including phenoxy) is 2. The minimum atomic E-state index is -0.850. The third-order valence-corrected chi connectivity index (χ3v) is 6.05. The molecule has 4 rings (SSSR count). The number of carbonyl (C=O) groups excluding carboxylic acids is 2. The fourth-order valence-corrected chi connectivity index (χ4v) is 4.47. The molecule has 0 aliphatic carbocycles. The topological polar surface area (TPSA) is 76.1 Å². The van der Waals surface area contributed by atoms with Gasteiger partial charge in [-0.15, -0.1) is 0 Å². The molecule has 1 fully saturated rings. The molecule has 1 saturated heterocycles. The Bertz CT molecular complexity index is 1340. The Hall–Kier alpha value is -4.06. The summed E-state index contributed by atoms with van der Waals surface area (Å²) in [5.74, 6) is -0.450. The zero-order valence-electron chi connectivity index (χ0n) is 21.2. The molecule has 6 nitrogen and oxygen atoms in total. The molecule has 1 N–H and O–H groups in total. The number of aryl methyl sites for hydroxylation is 2. The number of anilines is 1. The smallest absolute Gasteiger partial charge is 0.300 e. The maximum absolute atomic E-state index is 13.5. The summed E-state index contributed by atoms with van der Waals surface area (Å²) in [6, 6.07) is 19.2. The van der Waals surface area contributed by atoms with Gasteiger partial charge >= 0.3 is 0 Å². The van der Waals surface area contributed by atoms with Crippen LogP contribution in [0.2, 0.25) is 0 Å². The number of aliphatic hydroxyl groups excluding tert-OH is 1. The van der Waals surface area contributed by atoms with Gasteiger partial charge in [0.1, 0.15) is 17.3 Å². The number of Topliss-reactive ketones (excluding diaryl/α,β-unsaturated/α-hetero) is 1. The van der Waals surface area contributed by atoms with Crippen LogP contribution in [0.15, 0.2) is 72.3 Å². The SMILES string of the molecule is CCOc1cccc(N2C(=O)C(=O)/C(=C(/O)c3cc(C)ccc3C)C2c2cccc(OC(C)C)c2)c1. The minimum Gasteiger partial charge on any atom is -0.507 e. The molecule has 0 spiro atoms. The summed E-state index contributed by atoms with van der Waals surface area (Å²) in [7, 11) is 0. The van der Waals surface area contributed by atoms with E-state index in [1.807, 2.05) is 77.1 Å². The van der Waals surface area contributed by atoms with Crippen LogP contribution in [0.5, 0.6) is 11.5 Å². The molecule has 3 aromatic carbocycles. The molecule has 0 saturated carbocycles. The number of carbonyl (C=O) groups is 2. The first-order chi connectivity index (χ1) is 17.2. The predicted molar refractivity (Wildman–Crippen MR) is 141 cm³/mol. The van der Waals surface area contributed by atoms with E-state index in [0.29, 0.717) is 34.9 Å². The Morgan fingerprint density at radius 1 is 0.972 bits per heavy atom. The lowest BCUT2D eigenvalue weighted by Crippen LogP contribution is -2.29. The Balaban J connectivity index is 1.95. The molecule has 6 heteroatoms. The van der Waals surface area contributed by atoms with Gasteiger partial charge in [-0.25, -0.2) is 0 Å². The molecule has 1 aliphatic heterocycles. The van der Waals surface area contributed by atoms with Gasteiger partial charge in [0.05, 0.1) is 24.3 Å². The highest BCUT2D eigenvalue weighted by atomic mass is 16.5. The second kappa shape index (κ2) is 10.3. The monoisotopic (exact) mass is 485 g/mol. The van der Waals surface area contributed by atoms with Crippen molar-refractivity contribution in [1.82, 2.24) is 0 Å². The Kier molecular flexibility index (Phi) is 7.15. The van der Waals surface area contributed by atoms with Crippen molar-refractivity contribution in [2.24, 2.45) is 0 Å². The van der Waals surface area contributed by atoms with Crippen LogP contribution in [0.25, 0.3) is 5.76 Å². The maximum Gasteiger partial charge on any atom is 0.300 e. The largest absolute Gasteiger partial charge is 0.507 e. The fraction of sp³-hybridized carbons (Fsp3) is 0.267. The van der Waals surface area contributed by atoms with Gasteiger partial charge in [-0.2, -0.15) is 0 Å². The first-order valence-electron chi connectivity index (χ1n) is 12.1. The van der Waals surface area contributed by atoms with E-state index in [0.717, 1.165) is 11.1 Å². The average Bonchev–Trinajstić information content (AvgIpc) is 3.11. The fourth-order valence-electron chi connectivity index (χ4n) is 4.47. The van der Waals surface area contributed by atoms with Crippen LogP contribution in [-0.4, -0.2) is 29.5 Å². The van der Waals surface area contributed by atoms with Gasteiger partial charge in [-0.3, -0.25) is 14.5 Å². The minimum absolute atomic E-state index is 0.0391. The van der Waals surface area contributed by atoms with Crippen LogP contribution in [0.1, 0.15) is 49.1 Å². The summed E-state index contributed by atoms with van der Waals surface area (Å²) in [6.07, 6.45) is -0.0515. The molecule has 1 aliphatic rings. The highest BCUT2D eigenvalue weighted by molar-refractivity contribution is 6.51. The normalized spacial score (nSPS) is 17.1. The van der Waals surface area contributed by atoms with Crippen LogP contribution >= 0.6 is 0 Å². The average molecular weight is 486 g/mol. The standard InChI is InChI=1S/C30H31NO5/c1-6-35-23-11-8-10-22(17-23)31-27(21-9-7-12-24(16-21)36-18(2)3)26(29(33)30(31)34)28(32)25-15-19(4)13-14-20(25)5/h7-18,27,32H,6H2,1-5H3/b28-26+. The molecule has 0 bridgehead atoms. The number of ketones is 1. The molecule has 1 atom stereocenters. The van der Waals surface area contributed by atoms with E-state index in [-0.39, 0.29) is 17.4 Å². The maximum atomic E-state index is 13.5. The lowest BCUT2D eigenvalue weighted by atomic mass is 9.93. The van der Waals surface area contributed by atoms with E-state index in [2.05, 4.69) is 0 Å². The summed E-state index contributed by atoms with van der Waals surface area (Å²) in [6.45, 7) is 9.98. The molecule has 1 heterocycles. The molecule has 0 radical (unpaired) electrons. The first kappa shape index (κ1) is 25.0. The molecule has 36 heavy (non-hydrogen) atoms. The van der Waals surface area contributed by atoms with Crippen LogP contribution in [0, 0.1) is 13.8 Å². The Morgan fingerprint density at radius 2 is 1.69 bits per heavy atom. The molecule has 1 amide bonds. The van der Waals surface area contributed by atoms with E-state index in [1.165, 1.54) is 4.90 Å². The number of nitrogens with zero attached hydrogens (tertiary/aromatic N) is 1. The van der Waals surface area contributed by atoms with Gasteiger partial charge in [0.15, 0.2) is 0 Å². The summed E-state index contributed by atoms with van der Waals surface area (Å²) < 4.78 is 11.5. The van der Waals surface area contributed by atoms with Crippen LogP contribution in [0.3, 0.4) is 0 Å². The van der Waals surface area contributed by atoms with Gasteiger partial charge in [-0.1, -0.05) is 35.9 Å². The lowest BCUT2D eigenvalue weighted by Gasteiger charge is -2.26. The Morgan fingerprint density at radius 3 is 2.42 bits per heavy atom. The second-order valence-electron chi connectivity index (χ2n) is 9.16. The van der Waals surface area contributed by atoms with Crippen molar-refractivity contribution in [3.05, 3.63) is 94.6 Å². The van der Waals surface area contributed by atoms with Crippen molar-refractivity contribution < 1.29 is 24.2 Å². The van der Waals surface area contributed by atoms with Crippen LogP contribution < -0.4 is 14.4 Å². The molecule has 3 aromatic rings. The highest BCUT2D eigenvalue weighted by Crippen LogP contribution is 2.43. The van der Waals surface area contributed by atoms with Crippen molar-refractivity contribution >= 4 is 23.1 Å². The molecular formula is C30H31NO5. The van der Waals surface area contributed by atoms with E-state index < -0.39 is 17.7 Å². The van der Waals surface area contributed by atoms with E-state index in [1.54, 1.807) is 24.3 Å². The van der Waals surface area contributed by atoms with Crippen molar-refractivity contribution in [2.75, 3.05) is 11.5 Å². The molecular weight excluding hydrogens is 454 g/mol. The van der Waals surface area contributed by atoms with Gasteiger partial charge in [0, 0.05) is 17.3 Å². The predicted octanol–water partition coefficient (Wildman–Crippen LogP) is 6.12. The molecule has 1 unspecified atom stereocenters. The van der Waals surface area contributed by atoms with Crippen molar-refractivity contribution in [1.29, 1.82) is 0 Å². The first-order valence-corrected chi connectivity index (χ1v) is 12.1. The summed E-state index contributed by atoms with van der Waals surface area (Å²) in [5.41, 5.74) is 3.46. The number of aliphatic hydroxyl groups is 1. The van der Waals surface area contributed by atoms with Crippen LogP contribution in [-0.2, 0) is 9.59 Å². The number of hydrogen-bond donors (Lipinski definition) is 1. The van der Waals surface area contributed by atoms with Gasteiger partial charge < -0.3 is 14.6 Å². The number of hydrogen-bond acceptors (Lipinski definition) is 5. The van der Waals surface area contributed by atoms with Gasteiger partial charge in [0.2, 0.25) is 0 Å². The number of benzene rings is 3. The lowest BCUT2D eigenvalue weighted by molar-refractivity contribution is -0.132. The second-order valence-corrected chi connectivity index (χ2v) is 9.16. The summed E-state index contributed by atoms with van der Waals surface area (Å²) in [4.78, 5) is 28.4. The summed E-state index contributed by atoms with van der Waals surface area (Å²) >= 11 is 0. The molecule has 0 aromatic heterocycles. The van der Waals surface area contributed by atoms with E-state index in [4.69, 9.17) is 9.47 Å². The van der Waals surface area contributed by atoms with E-state index >= 15 is 0 Å². The zero-order valence-corrected chi connectivity index (χ0v) is 21.2. The van der Waals surface area contributed by atoms with Crippen molar-refractivity contribution in [2.45, 2.75) is 46.8 Å². The third kappa shape index (κ3) is 4.85. The van der Waals surface area contributed by atoms with E-state index in [9.17, 15) is 14.7 Å². The van der Waals surface area contributed by atoms with Crippen molar-refractivity contribution in [3.63, 3.8) is 0 Å². The summed E-state index contributed by atoms with van der Waals surface area (Å²) in [5, 5.41) is 11.5. The van der Waals surface area contributed by atoms with Gasteiger partial charge in [-0.05, 0) is 76.1 Å². The van der Waals surface area contributed by atoms with Crippen LogP contribution in [0.4, 0.5) is 5.69 Å². The van der Waals surface area contributed by atoms with Crippen molar-refractivity contribution in [3.8, 4) is 11.5 Å². The number of rotatable bonds is 7.